The molecule has 0 aliphatic carbocycles. The Labute approximate surface area is 208 Å². The molecular formula is C26H27ClN4O2S. The van der Waals surface area contributed by atoms with Crippen LogP contribution in [-0.2, 0) is 13.0 Å². The van der Waals surface area contributed by atoms with Gasteiger partial charge in [-0.15, -0.1) is 0 Å². The number of likely N-dealkylation sites (N-methyl/N-ethyl adjacent to an activating group) is 1. The van der Waals surface area contributed by atoms with E-state index in [2.05, 4.69) is 37.9 Å². The molecule has 1 saturated heterocycles. The van der Waals surface area contributed by atoms with E-state index in [1.165, 1.54) is 17.3 Å². The summed E-state index contributed by atoms with van der Waals surface area (Å²) >= 11 is 7.75. The van der Waals surface area contributed by atoms with Gasteiger partial charge in [-0.3, -0.25) is 9.69 Å². The van der Waals surface area contributed by atoms with Gasteiger partial charge in [0.2, 0.25) is 0 Å². The number of furan rings is 1. The molecule has 0 saturated carbocycles. The third kappa shape index (κ3) is 5.02. The molecule has 0 radical (unpaired) electrons. The summed E-state index contributed by atoms with van der Waals surface area (Å²) in [5, 5.41) is 0.746. The first-order valence-electron chi connectivity index (χ1n) is 11.6. The summed E-state index contributed by atoms with van der Waals surface area (Å²) in [6, 6.07) is 17.8. The van der Waals surface area contributed by atoms with Crippen molar-refractivity contribution in [1.29, 1.82) is 0 Å². The summed E-state index contributed by atoms with van der Waals surface area (Å²) in [7, 11) is 1.88. The summed E-state index contributed by atoms with van der Waals surface area (Å²) < 4.78 is 14.1. The number of carbonyl (C=O) groups is 1. The molecule has 176 valence electrons. The molecule has 1 fully saturated rings. The van der Waals surface area contributed by atoms with Crippen molar-refractivity contribution >= 4 is 40.3 Å². The minimum atomic E-state index is -0.0883. The molecule has 1 aliphatic heterocycles. The molecule has 3 heterocycles. The third-order valence-electron chi connectivity index (χ3n) is 6.84. The number of aromatic nitrogens is 2. The monoisotopic (exact) mass is 494 g/mol. The second-order valence-corrected chi connectivity index (χ2v) is 9.89. The van der Waals surface area contributed by atoms with Crippen LogP contribution in [-0.4, -0.2) is 50.6 Å². The molecule has 0 N–H and O–H groups in total. The average molecular weight is 495 g/mol. The van der Waals surface area contributed by atoms with Gasteiger partial charge in [-0.2, -0.15) is 8.75 Å². The summed E-state index contributed by atoms with van der Waals surface area (Å²) in [5.41, 5.74) is 4.26. The van der Waals surface area contributed by atoms with Crippen LogP contribution in [0, 0.1) is 5.92 Å². The van der Waals surface area contributed by atoms with Gasteiger partial charge in [0.15, 0.2) is 5.76 Å². The van der Waals surface area contributed by atoms with Gasteiger partial charge in [0, 0.05) is 24.7 Å². The largest absolute Gasteiger partial charge is 0.459 e. The number of piperidine rings is 1. The van der Waals surface area contributed by atoms with Gasteiger partial charge in [-0.25, -0.2) is 0 Å². The number of benzene rings is 2. The van der Waals surface area contributed by atoms with Crippen LogP contribution in [0.2, 0.25) is 5.02 Å². The lowest BCUT2D eigenvalue weighted by molar-refractivity contribution is 0.0556. The Morgan fingerprint density at radius 1 is 1.15 bits per heavy atom. The molecule has 1 atom stereocenters. The fraction of sp³-hybridized carbons (Fsp3) is 0.346. The normalized spacial score (nSPS) is 16.1. The predicted octanol–water partition coefficient (Wildman–Crippen LogP) is 5.53. The highest BCUT2D eigenvalue weighted by Gasteiger charge is 2.33. The molecule has 4 aromatic rings. The first-order chi connectivity index (χ1) is 16.6. The van der Waals surface area contributed by atoms with Gasteiger partial charge < -0.3 is 9.32 Å². The molecular weight excluding hydrogens is 468 g/mol. The molecule has 34 heavy (non-hydrogen) atoms. The zero-order chi connectivity index (χ0) is 23.5. The van der Waals surface area contributed by atoms with E-state index in [0.29, 0.717) is 11.7 Å². The van der Waals surface area contributed by atoms with Crippen molar-refractivity contribution in [2.24, 2.45) is 5.92 Å². The number of rotatable bonds is 7. The first kappa shape index (κ1) is 23.0. The van der Waals surface area contributed by atoms with E-state index in [4.69, 9.17) is 16.0 Å². The van der Waals surface area contributed by atoms with Gasteiger partial charge in [0.25, 0.3) is 5.91 Å². The van der Waals surface area contributed by atoms with E-state index < -0.39 is 0 Å². The summed E-state index contributed by atoms with van der Waals surface area (Å²) in [6.07, 6.45) is 4.30. The van der Waals surface area contributed by atoms with Gasteiger partial charge in [0.05, 0.1) is 18.0 Å². The molecule has 5 rings (SSSR count). The van der Waals surface area contributed by atoms with E-state index in [1.54, 1.807) is 18.4 Å². The van der Waals surface area contributed by atoms with Crippen molar-refractivity contribution in [3.8, 4) is 0 Å². The molecule has 0 unspecified atom stereocenters. The molecule has 1 aliphatic rings. The molecule has 2 aromatic carbocycles. The lowest BCUT2D eigenvalue weighted by atomic mass is 9.84. The van der Waals surface area contributed by atoms with Crippen molar-refractivity contribution in [3.05, 3.63) is 82.8 Å². The Morgan fingerprint density at radius 3 is 2.71 bits per heavy atom. The van der Waals surface area contributed by atoms with Crippen LogP contribution in [0.15, 0.2) is 65.3 Å². The van der Waals surface area contributed by atoms with Crippen LogP contribution < -0.4 is 0 Å². The molecule has 6 nitrogen and oxygen atoms in total. The molecule has 1 amide bonds. The number of amides is 1. The standard InChI is InChI=1S/C26H27ClN4O2S/c1-30(26(32)25-7-4-14-33-25)24(16-20-5-2-3-6-21(20)27)19-10-12-31(13-11-19)17-18-8-9-22-23(15-18)29-34-28-22/h2-9,14-15,19,24H,10-13,16-17H2,1H3/t24-/m1/s1. The number of carbonyl (C=O) groups excluding carboxylic acids is 1. The maximum Gasteiger partial charge on any atom is 0.289 e. The van der Waals surface area contributed by atoms with Gasteiger partial charge in [0.1, 0.15) is 11.0 Å². The van der Waals surface area contributed by atoms with Crippen molar-refractivity contribution in [3.63, 3.8) is 0 Å². The van der Waals surface area contributed by atoms with E-state index in [-0.39, 0.29) is 11.9 Å². The maximum absolute atomic E-state index is 13.1. The Kier molecular flexibility index (Phi) is 6.94. The van der Waals surface area contributed by atoms with Crippen molar-refractivity contribution in [2.75, 3.05) is 20.1 Å². The minimum absolute atomic E-state index is 0.0390. The van der Waals surface area contributed by atoms with Crippen molar-refractivity contribution in [2.45, 2.75) is 31.8 Å². The lowest BCUT2D eigenvalue weighted by Gasteiger charge is -2.40. The summed E-state index contributed by atoms with van der Waals surface area (Å²) in [5.74, 6) is 0.660. The lowest BCUT2D eigenvalue weighted by Crippen LogP contribution is -2.47. The van der Waals surface area contributed by atoms with E-state index in [1.807, 2.05) is 30.1 Å². The van der Waals surface area contributed by atoms with Crippen LogP contribution in [0.25, 0.3) is 11.0 Å². The Hall–Kier alpha value is -2.74. The highest BCUT2D eigenvalue weighted by Crippen LogP contribution is 2.30. The number of fused-ring (bicyclic) bond motifs is 1. The maximum atomic E-state index is 13.1. The fourth-order valence-electron chi connectivity index (χ4n) is 4.91. The van der Waals surface area contributed by atoms with Crippen LogP contribution in [0.4, 0.5) is 0 Å². The Morgan fingerprint density at radius 2 is 1.94 bits per heavy atom. The number of nitrogens with zero attached hydrogens (tertiary/aromatic N) is 4. The minimum Gasteiger partial charge on any atom is -0.459 e. The fourth-order valence-corrected chi connectivity index (χ4v) is 5.64. The second kappa shape index (κ2) is 10.3. The van der Waals surface area contributed by atoms with Crippen molar-refractivity contribution < 1.29 is 9.21 Å². The third-order valence-corrected chi connectivity index (χ3v) is 7.76. The summed E-state index contributed by atoms with van der Waals surface area (Å²) in [4.78, 5) is 17.5. The number of hydrogen-bond donors (Lipinski definition) is 0. The van der Waals surface area contributed by atoms with Gasteiger partial charge in [-0.1, -0.05) is 35.9 Å². The quantitative estimate of drug-likeness (QED) is 0.338. The van der Waals surface area contributed by atoms with Gasteiger partial charge in [-0.05, 0) is 79.7 Å². The molecule has 2 aromatic heterocycles. The topological polar surface area (TPSA) is 62.5 Å². The van der Waals surface area contributed by atoms with Crippen LogP contribution >= 0.6 is 23.3 Å². The molecule has 0 bridgehead atoms. The average Bonchev–Trinajstić information content (AvgIpc) is 3.55. The van der Waals surface area contributed by atoms with Crippen LogP contribution in [0.1, 0.15) is 34.5 Å². The summed E-state index contributed by atoms with van der Waals surface area (Å²) in [6.45, 7) is 2.87. The number of likely N-dealkylation sites (tertiary alicyclic amines) is 1. The predicted molar refractivity (Wildman–Crippen MR) is 135 cm³/mol. The van der Waals surface area contributed by atoms with E-state index in [9.17, 15) is 4.79 Å². The highest BCUT2D eigenvalue weighted by molar-refractivity contribution is 7.00. The smallest absolute Gasteiger partial charge is 0.289 e. The number of hydrogen-bond acceptors (Lipinski definition) is 6. The second-order valence-electron chi connectivity index (χ2n) is 8.96. The zero-order valence-electron chi connectivity index (χ0n) is 19.1. The SMILES string of the molecule is CN(C(=O)c1ccco1)[C@H](Cc1ccccc1Cl)C1CCN(Cc2ccc3nsnc3c2)CC1. The highest BCUT2D eigenvalue weighted by atomic mass is 35.5. The number of halogens is 1. The Balaban J connectivity index is 1.29. The van der Waals surface area contributed by atoms with E-state index in [0.717, 1.165) is 60.5 Å². The Bertz CT molecular complexity index is 1250. The zero-order valence-corrected chi connectivity index (χ0v) is 20.6. The van der Waals surface area contributed by atoms with Crippen LogP contribution in [0.5, 0.6) is 0 Å². The first-order valence-corrected chi connectivity index (χ1v) is 12.7. The molecule has 0 spiro atoms. The molecule has 8 heteroatoms. The van der Waals surface area contributed by atoms with Crippen LogP contribution in [0.3, 0.4) is 0 Å². The van der Waals surface area contributed by atoms with Crippen molar-refractivity contribution in [1.82, 2.24) is 18.5 Å². The van der Waals surface area contributed by atoms with Gasteiger partial charge >= 0.3 is 0 Å². The van der Waals surface area contributed by atoms with E-state index >= 15 is 0 Å².